The number of carbonyl (C=O) groups excluding carboxylic acids is 2. The highest BCUT2D eigenvalue weighted by Gasteiger charge is 2.19. The van der Waals surface area contributed by atoms with E-state index in [9.17, 15) is 14.4 Å². The van der Waals surface area contributed by atoms with Crippen molar-refractivity contribution in [3.8, 4) is 0 Å². The summed E-state index contributed by atoms with van der Waals surface area (Å²) in [6, 6.07) is 7.41. The molecule has 0 fully saturated rings. The van der Waals surface area contributed by atoms with Crippen molar-refractivity contribution < 1.29 is 9.59 Å². The Bertz CT molecular complexity index is 817. The fourth-order valence-corrected chi connectivity index (χ4v) is 2.95. The van der Waals surface area contributed by atoms with Gasteiger partial charge in [-0.15, -0.1) is 0 Å². The molecular weight excluding hydrogens is 320 g/mol. The molecule has 0 unspecified atom stereocenters. The SMILES string of the molecule is CCN(CC)C(=O)CN(C)C(=O)Cn1c(=O)n(CC)c2ccccc21. The molecule has 0 saturated carbocycles. The van der Waals surface area contributed by atoms with Crippen LogP contribution in [0.1, 0.15) is 20.8 Å². The maximum absolute atomic E-state index is 12.6. The summed E-state index contributed by atoms with van der Waals surface area (Å²) in [6.07, 6.45) is 0. The van der Waals surface area contributed by atoms with E-state index in [1.54, 1.807) is 16.5 Å². The maximum atomic E-state index is 12.6. The minimum Gasteiger partial charge on any atom is -0.342 e. The predicted molar refractivity (Wildman–Crippen MR) is 97.4 cm³/mol. The monoisotopic (exact) mass is 346 g/mol. The molecule has 1 aromatic heterocycles. The van der Waals surface area contributed by atoms with Crippen LogP contribution in [0.4, 0.5) is 0 Å². The van der Waals surface area contributed by atoms with Crippen molar-refractivity contribution >= 4 is 22.8 Å². The van der Waals surface area contributed by atoms with Gasteiger partial charge in [0, 0.05) is 26.7 Å². The molecule has 1 aromatic carbocycles. The molecule has 0 aliphatic heterocycles. The summed E-state index contributed by atoms with van der Waals surface area (Å²) in [5, 5.41) is 0. The molecule has 0 aliphatic rings. The smallest absolute Gasteiger partial charge is 0.329 e. The molecule has 7 heteroatoms. The fraction of sp³-hybridized carbons (Fsp3) is 0.500. The number of para-hydroxylation sites is 2. The zero-order valence-electron chi connectivity index (χ0n) is 15.4. The number of benzene rings is 1. The van der Waals surface area contributed by atoms with Crippen LogP contribution in [0.5, 0.6) is 0 Å². The number of hydrogen-bond acceptors (Lipinski definition) is 3. The van der Waals surface area contributed by atoms with Crippen molar-refractivity contribution in [2.45, 2.75) is 33.9 Å². The molecule has 0 N–H and O–H groups in total. The number of likely N-dealkylation sites (N-methyl/N-ethyl adjacent to an activating group) is 2. The Labute approximate surface area is 147 Å². The summed E-state index contributed by atoms with van der Waals surface area (Å²) in [4.78, 5) is 40.3. The third-order valence-electron chi connectivity index (χ3n) is 4.45. The van der Waals surface area contributed by atoms with Gasteiger partial charge in [0.05, 0.1) is 17.6 Å². The minimum absolute atomic E-state index is 0.0156. The molecule has 2 aromatic rings. The average Bonchev–Trinajstić information content (AvgIpc) is 2.87. The van der Waals surface area contributed by atoms with Gasteiger partial charge in [-0.2, -0.15) is 0 Å². The summed E-state index contributed by atoms with van der Waals surface area (Å²) < 4.78 is 3.11. The second-order valence-corrected chi connectivity index (χ2v) is 5.92. The van der Waals surface area contributed by atoms with Gasteiger partial charge in [0.25, 0.3) is 0 Å². The number of aryl methyl sites for hydroxylation is 1. The van der Waals surface area contributed by atoms with Crippen molar-refractivity contribution in [2.75, 3.05) is 26.7 Å². The van der Waals surface area contributed by atoms with Gasteiger partial charge in [-0.3, -0.25) is 18.7 Å². The van der Waals surface area contributed by atoms with Crippen molar-refractivity contribution in [3.05, 3.63) is 34.7 Å². The van der Waals surface area contributed by atoms with Crippen molar-refractivity contribution in [2.24, 2.45) is 0 Å². The highest BCUT2D eigenvalue weighted by Crippen LogP contribution is 2.12. The largest absolute Gasteiger partial charge is 0.342 e. The van der Waals surface area contributed by atoms with Crippen LogP contribution in [-0.4, -0.2) is 57.4 Å². The van der Waals surface area contributed by atoms with Gasteiger partial charge in [0.15, 0.2) is 0 Å². The van der Waals surface area contributed by atoms with E-state index in [0.29, 0.717) is 19.6 Å². The highest BCUT2D eigenvalue weighted by atomic mass is 16.2. The van der Waals surface area contributed by atoms with Gasteiger partial charge in [-0.25, -0.2) is 4.79 Å². The van der Waals surface area contributed by atoms with Crippen LogP contribution < -0.4 is 5.69 Å². The third kappa shape index (κ3) is 3.75. The maximum Gasteiger partial charge on any atom is 0.329 e. The first-order chi connectivity index (χ1) is 11.9. The molecule has 0 saturated heterocycles. The van der Waals surface area contributed by atoms with Crippen LogP contribution in [-0.2, 0) is 22.7 Å². The van der Waals surface area contributed by atoms with Gasteiger partial charge in [0.2, 0.25) is 11.8 Å². The summed E-state index contributed by atoms with van der Waals surface area (Å²) in [5.74, 6) is -0.356. The molecule has 0 bridgehead atoms. The summed E-state index contributed by atoms with van der Waals surface area (Å²) in [5.41, 5.74) is 1.33. The van der Waals surface area contributed by atoms with Gasteiger partial charge < -0.3 is 9.80 Å². The number of fused-ring (bicyclic) bond motifs is 1. The Balaban J connectivity index is 2.21. The van der Waals surface area contributed by atoms with Gasteiger partial charge >= 0.3 is 5.69 Å². The number of carbonyl (C=O) groups is 2. The number of hydrogen-bond donors (Lipinski definition) is 0. The van der Waals surface area contributed by atoms with E-state index < -0.39 is 0 Å². The predicted octanol–water partition coefficient (Wildman–Crippen LogP) is 1.15. The number of amides is 2. The summed E-state index contributed by atoms with van der Waals surface area (Å²) in [6.45, 7) is 7.41. The quantitative estimate of drug-likeness (QED) is 0.755. The molecule has 0 spiro atoms. The van der Waals surface area contributed by atoms with Crippen molar-refractivity contribution in [3.63, 3.8) is 0 Å². The molecule has 1 heterocycles. The van der Waals surface area contributed by atoms with Crippen LogP contribution in [0.25, 0.3) is 11.0 Å². The minimum atomic E-state index is -0.262. The normalized spacial score (nSPS) is 10.9. The van der Waals surface area contributed by atoms with Gasteiger partial charge in [-0.05, 0) is 32.9 Å². The number of imidazole rings is 1. The molecule has 7 nitrogen and oxygen atoms in total. The van der Waals surface area contributed by atoms with E-state index in [0.717, 1.165) is 11.0 Å². The lowest BCUT2D eigenvalue weighted by molar-refractivity contribution is -0.139. The van der Waals surface area contributed by atoms with Crippen LogP contribution in [0.3, 0.4) is 0 Å². The molecule has 0 aliphatic carbocycles. The van der Waals surface area contributed by atoms with Crippen LogP contribution >= 0.6 is 0 Å². The van der Waals surface area contributed by atoms with Crippen LogP contribution in [0, 0.1) is 0 Å². The topological polar surface area (TPSA) is 67.6 Å². The second-order valence-electron chi connectivity index (χ2n) is 5.92. The Morgan fingerprint density at radius 3 is 2.04 bits per heavy atom. The second kappa shape index (κ2) is 8.00. The Morgan fingerprint density at radius 1 is 0.960 bits per heavy atom. The van der Waals surface area contributed by atoms with E-state index in [1.165, 1.54) is 9.47 Å². The van der Waals surface area contributed by atoms with Gasteiger partial charge in [0.1, 0.15) is 6.54 Å². The van der Waals surface area contributed by atoms with Crippen molar-refractivity contribution in [1.82, 2.24) is 18.9 Å². The van der Waals surface area contributed by atoms with E-state index >= 15 is 0 Å². The lowest BCUT2D eigenvalue weighted by Gasteiger charge is -2.23. The first kappa shape index (κ1) is 18.8. The molecule has 136 valence electrons. The highest BCUT2D eigenvalue weighted by molar-refractivity contribution is 5.85. The zero-order valence-corrected chi connectivity index (χ0v) is 15.4. The molecule has 25 heavy (non-hydrogen) atoms. The summed E-state index contributed by atoms with van der Waals surface area (Å²) in [7, 11) is 1.59. The average molecular weight is 346 g/mol. The van der Waals surface area contributed by atoms with Gasteiger partial charge in [-0.1, -0.05) is 12.1 Å². The standard InChI is InChI=1S/C18H26N4O3/c1-5-20(6-2)17(24)12-19(4)16(23)13-22-15-11-9-8-10-14(15)21(7-3)18(22)25/h8-11H,5-7,12-13H2,1-4H3. The molecule has 2 rings (SSSR count). The third-order valence-corrected chi connectivity index (χ3v) is 4.45. The molecule has 0 atom stereocenters. The molecule has 2 amide bonds. The first-order valence-corrected chi connectivity index (χ1v) is 8.64. The van der Waals surface area contributed by atoms with E-state index in [1.807, 2.05) is 45.0 Å². The summed E-state index contributed by atoms with van der Waals surface area (Å²) >= 11 is 0. The zero-order chi connectivity index (χ0) is 18.6. The van der Waals surface area contributed by atoms with E-state index in [4.69, 9.17) is 0 Å². The molecule has 0 radical (unpaired) electrons. The first-order valence-electron chi connectivity index (χ1n) is 8.64. The van der Waals surface area contributed by atoms with Crippen LogP contribution in [0.15, 0.2) is 29.1 Å². The molecular formula is C18H26N4O3. The fourth-order valence-electron chi connectivity index (χ4n) is 2.95. The number of aromatic nitrogens is 2. The number of rotatable bonds is 7. The Morgan fingerprint density at radius 2 is 1.52 bits per heavy atom. The lowest BCUT2D eigenvalue weighted by atomic mass is 10.3. The van der Waals surface area contributed by atoms with Crippen molar-refractivity contribution in [1.29, 1.82) is 0 Å². The number of nitrogens with zero attached hydrogens (tertiary/aromatic N) is 4. The Kier molecular flexibility index (Phi) is 6.01. The lowest BCUT2D eigenvalue weighted by Crippen LogP contribution is -2.42. The van der Waals surface area contributed by atoms with Crippen LogP contribution in [0.2, 0.25) is 0 Å². The van der Waals surface area contributed by atoms with E-state index in [-0.39, 0.29) is 30.6 Å². The Hall–Kier alpha value is -2.57. The van der Waals surface area contributed by atoms with E-state index in [2.05, 4.69) is 0 Å².